The third-order valence-corrected chi connectivity index (χ3v) is 12.1. The van der Waals surface area contributed by atoms with E-state index in [1.165, 1.54) is 96.2 Å². The van der Waals surface area contributed by atoms with E-state index in [4.69, 9.17) is 23.3 Å². The first-order chi connectivity index (χ1) is 24.3. The van der Waals surface area contributed by atoms with Gasteiger partial charge in [0.15, 0.2) is 5.82 Å². The van der Waals surface area contributed by atoms with E-state index in [1.807, 2.05) is 25.6 Å². The first kappa shape index (κ1) is 43.4. The first-order valence-electron chi connectivity index (χ1n) is 19.5. The Balaban J connectivity index is 1.49. The molecule has 0 spiro atoms. The lowest BCUT2D eigenvalue weighted by Gasteiger charge is -2.25. The molecular formula is C36H67N4O8PS. The number of hydrogen-bond donors (Lipinski definition) is 3. The SMILES string of the molecule is CCCCCCCCCCCCSC(CCCCCCC)C(C)OOP(=O)(OCCC)OC[C@H]1O[C@H](n2cnc3c2N=CNCC3O)C[C@@H]1O. The second kappa shape index (κ2) is 25.1. The number of aromatic nitrogens is 2. The number of fused-ring (bicyclic) bond motifs is 1. The Hall–Kier alpha value is -1.02. The number of ether oxygens (including phenoxy) is 1. The molecule has 3 N–H and O–H groups in total. The van der Waals surface area contributed by atoms with Crippen LogP contribution in [-0.2, 0) is 27.9 Å². The molecule has 12 nitrogen and oxygen atoms in total. The lowest BCUT2D eigenvalue weighted by molar-refractivity contribution is -0.258. The summed E-state index contributed by atoms with van der Waals surface area (Å²) < 4.78 is 38.3. The molecule has 7 atom stereocenters. The highest BCUT2D eigenvalue weighted by Crippen LogP contribution is 2.51. The molecule has 0 saturated carbocycles. The molecule has 3 rings (SSSR count). The van der Waals surface area contributed by atoms with Crippen LogP contribution in [-0.4, -0.2) is 75.2 Å². The topological polar surface area (TPSA) is 146 Å². The second-order valence-electron chi connectivity index (χ2n) is 13.7. The molecule has 0 bridgehead atoms. The van der Waals surface area contributed by atoms with Crippen LogP contribution in [0.4, 0.5) is 5.82 Å². The zero-order valence-corrected chi connectivity index (χ0v) is 32.9. The summed E-state index contributed by atoms with van der Waals surface area (Å²) in [5, 5.41) is 24.3. The van der Waals surface area contributed by atoms with Crippen molar-refractivity contribution < 1.29 is 38.1 Å². The van der Waals surface area contributed by atoms with E-state index in [2.05, 4.69) is 29.1 Å². The van der Waals surface area contributed by atoms with Crippen molar-refractivity contribution in [3.63, 3.8) is 0 Å². The van der Waals surface area contributed by atoms with Gasteiger partial charge in [-0.3, -0.25) is 13.6 Å². The Bertz CT molecular complexity index is 1110. The van der Waals surface area contributed by atoms with Crippen LogP contribution in [0.5, 0.6) is 0 Å². The molecule has 3 heterocycles. The molecule has 2 aliphatic heterocycles. The summed E-state index contributed by atoms with van der Waals surface area (Å²) in [6.45, 7) is 8.59. The predicted octanol–water partition coefficient (Wildman–Crippen LogP) is 9.10. The van der Waals surface area contributed by atoms with Crippen molar-refractivity contribution in [3.8, 4) is 0 Å². The molecule has 0 aromatic carbocycles. The number of unbranched alkanes of at least 4 members (excludes halogenated alkanes) is 13. The highest BCUT2D eigenvalue weighted by atomic mass is 32.2. The monoisotopic (exact) mass is 746 g/mol. The number of β-amino-alcohol motifs (C(OH)–C–C–N with tert-alkyl or cyclic N) is 1. The summed E-state index contributed by atoms with van der Waals surface area (Å²) in [5.41, 5.74) is 0.432. The maximum Gasteiger partial charge on any atom is 0.502 e. The first-order valence-corrected chi connectivity index (χ1v) is 22.0. The lowest BCUT2D eigenvalue weighted by Crippen LogP contribution is -2.27. The van der Waals surface area contributed by atoms with Crippen LogP contribution in [0.1, 0.15) is 161 Å². The van der Waals surface area contributed by atoms with Gasteiger partial charge in [0.05, 0.1) is 32.0 Å². The number of aliphatic imine (C=N–C) groups is 1. The maximum atomic E-state index is 13.7. The molecule has 14 heteroatoms. The summed E-state index contributed by atoms with van der Waals surface area (Å²) >= 11 is 1.92. The smallest absolute Gasteiger partial charge is 0.390 e. The third kappa shape index (κ3) is 15.5. The van der Waals surface area contributed by atoms with E-state index in [0.717, 1.165) is 18.6 Å². The van der Waals surface area contributed by atoms with Gasteiger partial charge in [-0.15, -0.1) is 4.67 Å². The number of imidazole rings is 1. The summed E-state index contributed by atoms with van der Waals surface area (Å²) in [5.74, 6) is 1.51. The second-order valence-corrected chi connectivity index (χ2v) is 16.6. The Kier molecular flexibility index (Phi) is 21.8. The Morgan fingerprint density at radius 2 is 1.62 bits per heavy atom. The number of nitrogens with zero attached hydrogens (tertiary/aromatic N) is 3. The minimum Gasteiger partial charge on any atom is -0.390 e. The molecule has 0 amide bonds. The van der Waals surface area contributed by atoms with Crippen molar-refractivity contribution in [2.75, 3.05) is 25.5 Å². The minimum absolute atomic E-state index is 0.162. The average Bonchev–Trinajstić information content (AvgIpc) is 3.66. The van der Waals surface area contributed by atoms with Crippen molar-refractivity contribution in [2.45, 2.75) is 179 Å². The fraction of sp³-hybridized carbons (Fsp3) is 0.889. The van der Waals surface area contributed by atoms with Crippen molar-refractivity contribution >= 4 is 31.7 Å². The predicted molar refractivity (Wildman–Crippen MR) is 201 cm³/mol. The maximum absolute atomic E-state index is 13.7. The van der Waals surface area contributed by atoms with E-state index in [-0.39, 0.29) is 31.0 Å². The van der Waals surface area contributed by atoms with Crippen molar-refractivity contribution in [1.29, 1.82) is 0 Å². The Labute approximate surface area is 305 Å². The zero-order valence-electron chi connectivity index (χ0n) is 31.2. The summed E-state index contributed by atoms with van der Waals surface area (Å²) in [7, 11) is -4.13. The van der Waals surface area contributed by atoms with Crippen LogP contribution in [0.25, 0.3) is 0 Å². The highest BCUT2D eigenvalue weighted by molar-refractivity contribution is 7.99. The summed E-state index contributed by atoms with van der Waals surface area (Å²) in [6, 6.07) is 0. The number of rotatable bonds is 29. The molecule has 1 saturated heterocycles. The van der Waals surface area contributed by atoms with E-state index < -0.39 is 32.4 Å². The van der Waals surface area contributed by atoms with Gasteiger partial charge in [-0.1, -0.05) is 111 Å². The largest absolute Gasteiger partial charge is 0.502 e. The number of phosphoric acid groups is 1. The average molecular weight is 747 g/mol. The molecule has 2 aliphatic rings. The zero-order chi connectivity index (χ0) is 36.0. The van der Waals surface area contributed by atoms with E-state index in [1.54, 1.807) is 10.9 Å². The van der Waals surface area contributed by atoms with Crippen LogP contribution >= 0.6 is 19.6 Å². The van der Waals surface area contributed by atoms with Gasteiger partial charge in [-0.25, -0.2) is 19.4 Å². The summed E-state index contributed by atoms with van der Waals surface area (Å²) in [6.07, 6.45) is 20.6. The van der Waals surface area contributed by atoms with Gasteiger partial charge in [0.2, 0.25) is 0 Å². The van der Waals surface area contributed by atoms with Gasteiger partial charge >= 0.3 is 7.82 Å². The molecule has 0 radical (unpaired) electrons. The number of phosphoric ester groups is 1. The van der Waals surface area contributed by atoms with Gasteiger partial charge in [-0.2, -0.15) is 11.8 Å². The normalized spacial score (nSPS) is 22.9. The molecule has 290 valence electrons. The number of nitrogens with one attached hydrogen (secondary N) is 1. The van der Waals surface area contributed by atoms with Crippen LogP contribution in [0.15, 0.2) is 11.3 Å². The fourth-order valence-corrected chi connectivity index (χ4v) is 8.67. The molecule has 1 aromatic heterocycles. The van der Waals surface area contributed by atoms with Crippen LogP contribution in [0.3, 0.4) is 0 Å². The van der Waals surface area contributed by atoms with Gasteiger partial charge in [0, 0.05) is 18.2 Å². The van der Waals surface area contributed by atoms with E-state index in [9.17, 15) is 14.8 Å². The number of thioether (sulfide) groups is 1. The molecule has 4 unspecified atom stereocenters. The number of aliphatic hydroxyl groups is 2. The van der Waals surface area contributed by atoms with Crippen LogP contribution < -0.4 is 5.32 Å². The highest BCUT2D eigenvalue weighted by Gasteiger charge is 2.40. The molecule has 1 fully saturated rings. The van der Waals surface area contributed by atoms with Gasteiger partial charge in [0.25, 0.3) is 0 Å². The number of aliphatic hydroxyl groups excluding tert-OH is 2. The third-order valence-electron chi connectivity index (χ3n) is 9.30. The summed E-state index contributed by atoms with van der Waals surface area (Å²) in [4.78, 5) is 14.5. The van der Waals surface area contributed by atoms with E-state index >= 15 is 0 Å². The van der Waals surface area contributed by atoms with Crippen LogP contribution in [0.2, 0.25) is 0 Å². The Morgan fingerprint density at radius 1 is 0.960 bits per heavy atom. The quantitative estimate of drug-likeness (QED) is 0.0312. The molecule has 0 aliphatic carbocycles. The van der Waals surface area contributed by atoms with Crippen LogP contribution in [0, 0.1) is 0 Å². The molecule has 1 aromatic rings. The van der Waals surface area contributed by atoms with Crippen molar-refractivity contribution in [2.24, 2.45) is 4.99 Å². The van der Waals surface area contributed by atoms with Gasteiger partial charge in [0.1, 0.15) is 30.2 Å². The van der Waals surface area contributed by atoms with Gasteiger partial charge < -0.3 is 20.3 Å². The molecular weight excluding hydrogens is 679 g/mol. The Morgan fingerprint density at radius 3 is 2.30 bits per heavy atom. The molecule has 50 heavy (non-hydrogen) atoms. The van der Waals surface area contributed by atoms with Crippen molar-refractivity contribution in [1.82, 2.24) is 14.9 Å². The van der Waals surface area contributed by atoms with Gasteiger partial charge in [-0.05, 0) is 31.9 Å². The fourth-order valence-electron chi connectivity index (χ4n) is 6.21. The number of hydrogen-bond acceptors (Lipinski definition) is 12. The lowest BCUT2D eigenvalue weighted by atomic mass is 10.1. The van der Waals surface area contributed by atoms with Crippen molar-refractivity contribution in [3.05, 3.63) is 12.0 Å². The van der Waals surface area contributed by atoms with E-state index in [0.29, 0.717) is 24.5 Å². The minimum atomic E-state index is -4.13. The standard InChI is InChI=1S/C36H67N4O8PS/c1-5-8-10-12-13-14-15-16-18-20-23-50-33(21-19-17-11-9-6-2)29(4)47-48-49(43,44-22-7-3)45-26-32-30(41)24-34(46-32)40-28-39-35-31(42)25-37-27-38-36(35)40/h27-34,41-42H,5-26H2,1-4H3,(H,37,38)/t29?,30-,31?,32+,33?,34-,49?/m0/s1.